The minimum atomic E-state index is -0.0857. The number of hydrogen-bond acceptors (Lipinski definition) is 1. The molecule has 0 aromatic rings. The van der Waals surface area contributed by atoms with Crippen LogP contribution in [-0.2, 0) is 4.79 Å². The van der Waals surface area contributed by atoms with Gasteiger partial charge in [0.25, 0.3) is 0 Å². The molecule has 1 unspecified atom stereocenters. The van der Waals surface area contributed by atoms with Gasteiger partial charge in [0.2, 0.25) is 5.91 Å². The topological polar surface area (TPSA) is 20.3 Å². The quantitative estimate of drug-likeness (QED) is 0.609. The van der Waals surface area contributed by atoms with Crippen LogP contribution in [0.1, 0.15) is 27.7 Å². The molecule has 0 aromatic heterocycles. The van der Waals surface area contributed by atoms with Crippen molar-refractivity contribution >= 4 is 5.91 Å². The van der Waals surface area contributed by atoms with Crippen LogP contribution in [0.25, 0.3) is 0 Å². The SMILES string of the molecule is C=C=C(C)C(C)C(=O)N(CC)CC. The van der Waals surface area contributed by atoms with E-state index in [1.165, 1.54) is 0 Å². The van der Waals surface area contributed by atoms with Crippen LogP contribution in [0.4, 0.5) is 0 Å². The average molecular weight is 181 g/mol. The van der Waals surface area contributed by atoms with Gasteiger partial charge >= 0.3 is 0 Å². The van der Waals surface area contributed by atoms with Crippen molar-refractivity contribution in [2.45, 2.75) is 27.7 Å². The second-order valence-corrected chi connectivity index (χ2v) is 3.09. The fourth-order valence-corrected chi connectivity index (χ4v) is 1.15. The fraction of sp³-hybridized carbons (Fsp3) is 0.636. The minimum absolute atomic E-state index is 0.0857. The fourth-order valence-electron chi connectivity index (χ4n) is 1.15. The highest BCUT2D eigenvalue weighted by Gasteiger charge is 2.18. The van der Waals surface area contributed by atoms with Crippen molar-refractivity contribution in [3.63, 3.8) is 0 Å². The molecule has 0 aliphatic rings. The Balaban J connectivity index is 4.49. The Bertz CT molecular complexity index is 222. The number of hydrogen-bond donors (Lipinski definition) is 0. The summed E-state index contributed by atoms with van der Waals surface area (Å²) in [4.78, 5) is 13.6. The third-order valence-corrected chi connectivity index (χ3v) is 2.37. The zero-order valence-electron chi connectivity index (χ0n) is 9.05. The van der Waals surface area contributed by atoms with Crippen molar-refractivity contribution in [2.24, 2.45) is 5.92 Å². The summed E-state index contributed by atoms with van der Waals surface area (Å²) in [6.07, 6.45) is 0. The number of carbonyl (C=O) groups excluding carboxylic acids is 1. The Labute approximate surface area is 80.9 Å². The van der Waals surface area contributed by atoms with E-state index >= 15 is 0 Å². The Morgan fingerprint density at radius 3 is 2.23 bits per heavy atom. The summed E-state index contributed by atoms with van der Waals surface area (Å²) in [6, 6.07) is 0. The summed E-state index contributed by atoms with van der Waals surface area (Å²) in [7, 11) is 0. The van der Waals surface area contributed by atoms with Crippen LogP contribution in [0.15, 0.2) is 17.9 Å². The summed E-state index contributed by atoms with van der Waals surface area (Å²) in [5, 5.41) is 0. The summed E-state index contributed by atoms with van der Waals surface area (Å²) in [5.41, 5.74) is 3.68. The predicted octanol–water partition coefficient (Wildman–Crippen LogP) is 2.22. The summed E-state index contributed by atoms with van der Waals surface area (Å²) in [6.45, 7) is 12.8. The lowest BCUT2D eigenvalue weighted by molar-refractivity contribution is -0.133. The Morgan fingerprint density at radius 2 is 1.92 bits per heavy atom. The second kappa shape index (κ2) is 5.60. The van der Waals surface area contributed by atoms with E-state index in [0.717, 1.165) is 18.7 Å². The molecule has 0 rings (SSSR count). The van der Waals surface area contributed by atoms with Gasteiger partial charge in [-0.05, 0) is 33.3 Å². The Kier molecular flexibility index (Phi) is 5.17. The molecule has 74 valence electrons. The summed E-state index contributed by atoms with van der Waals surface area (Å²) in [5.74, 6) is 0.0797. The number of amides is 1. The standard InChI is InChI=1S/C11H19NO/c1-6-9(4)10(5)11(13)12(7-2)8-3/h10H,1,7-8H2,2-5H3. The highest BCUT2D eigenvalue weighted by atomic mass is 16.2. The summed E-state index contributed by atoms with van der Waals surface area (Å²) < 4.78 is 0. The highest BCUT2D eigenvalue weighted by molar-refractivity contribution is 5.81. The van der Waals surface area contributed by atoms with Crippen LogP contribution in [0.2, 0.25) is 0 Å². The van der Waals surface area contributed by atoms with E-state index in [1.807, 2.05) is 32.6 Å². The van der Waals surface area contributed by atoms with Gasteiger partial charge in [-0.15, -0.1) is 5.73 Å². The molecule has 0 saturated heterocycles. The first-order chi connectivity index (χ1) is 6.08. The Hall–Kier alpha value is -1.01. The lowest BCUT2D eigenvalue weighted by atomic mass is 10.0. The monoisotopic (exact) mass is 181 g/mol. The molecule has 0 spiro atoms. The van der Waals surface area contributed by atoms with Crippen LogP contribution >= 0.6 is 0 Å². The third-order valence-electron chi connectivity index (χ3n) is 2.37. The molecule has 0 saturated carbocycles. The highest BCUT2D eigenvalue weighted by Crippen LogP contribution is 2.11. The first-order valence-corrected chi connectivity index (χ1v) is 4.73. The molecule has 0 radical (unpaired) electrons. The van der Waals surface area contributed by atoms with E-state index in [1.54, 1.807) is 0 Å². The van der Waals surface area contributed by atoms with Crippen LogP contribution < -0.4 is 0 Å². The molecule has 13 heavy (non-hydrogen) atoms. The van der Waals surface area contributed by atoms with Crippen molar-refractivity contribution in [2.75, 3.05) is 13.1 Å². The maximum atomic E-state index is 11.7. The van der Waals surface area contributed by atoms with Gasteiger partial charge in [0.1, 0.15) is 0 Å². The molecule has 0 bridgehead atoms. The summed E-state index contributed by atoms with van der Waals surface area (Å²) >= 11 is 0. The number of carbonyl (C=O) groups is 1. The van der Waals surface area contributed by atoms with Crippen LogP contribution in [0.5, 0.6) is 0 Å². The van der Waals surface area contributed by atoms with Gasteiger partial charge < -0.3 is 4.90 Å². The number of rotatable bonds is 4. The van der Waals surface area contributed by atoms with Gasteiger partial charge in [0.05, 0.1) is 5.92 Å². The first kappa shape index (κ1) is 12.0. The van der Waals surface area contributed by atoms with E-state index < -0.39 is 0 Å². The van der Waals surface area contributed by atoms with Crippen molar-refractivity contribution < 1.29 is 4.79 Å². The van der Waals surface area contributed by atoms with E-state index in [9.17, 15) is 4.79 Å². The number of nitrogens with zero attached hydrogens (tertiary/aromatic N) is 1. The van der Waals surface area contributed by atoms with Gasteiger partial charge in [-0.1, -0.05) is 6.58 Å². The molecule has 2 nitrogen and oxygen atoms in total. The molecule has 1 atom stereocenters. The molecule has 0 aromatic carbocycles. The van der Waals surface area contributed by atoms with E-state index in [0.29, 0.717) is 0 Å². The minimum Gasteiger partial charge on any atom is -0.343 e. The maximum Gasteiger partial charge on any atom is 0.230 e. The van der Waals surface area contributed by atoms with Crippen molar-refractivity contribution in [3.05, 3.63) is 17.9 Å². The molecular weight excluding hydrogens is 162 g/mol. The third kappa shape index (κ3) is 3.08. The van der Waals surface area contributed by atoms with Gasteiger partial charge in [0.15, 0.2) is 0 Å². The van der Waals surface area contributed by atoms with Crippen molar-refractivity contribution in [1.82, 2.24) is 4.90 Å². The van der Waals surface area contributed by atoms with Crippen LogP contribution in [0, 0.1) is 5.92 Å². The van der Waals surface area contributed by atoms with E-state index in [-0.39, 0.29) is 11.8 Å². The predicted molar refractivity (Wildman–Crippen MR) is 55.4 cm³/mol. The van der Waals surface area contributed by atoms with Crippen LogP contribution in [0.3, 0.4) is 0 Å². The average Bonchev–Trinajstić information content (AvgIpc) is 2.17. The molecule has 0 aliphatic carbocycles. The normalized spacial score (nSPS) is 11.7. The van der Waals surface area contributed by atoms with Gasteiger partial charge in [0, 0.05) is 13.1 Å². The molecule has 0 heterocycles. The van der Waals surface area contributed by atoms with Gasteiger partial charge in [-0.25, -0.2) is 0 Å². The van der Waals surface area contributed by atoms with Crippen molar-refractivity contribution in [3.8, 4) is 0 Å². The van der Waals surface area contributed by atoms with Crippen LogP contribution in [-0.4, -0.2) is 23.9 Å². The smallest absolute Gasteiger partial charge is 0.230 e. The molecular formula is C11H19NO. The van der Waals surface area contributed by atoms with E-state index in [4.69, 9.17) is 0 Å². The maximum absolute atomic E-state index is 11.7. The zero-order valence-corrected chi connectivity index (χ0v) is 9.05. The largest absolute Gasteiger partial charge is 0.343 e. The molecule has 1 amide bonds. The van der Waals surface area contributed by atoms with Crippen molar-refractivity contribution in [1.29, 1.82) is 0 Å². The molecule has 0 N–H and O–H groups in total. The van der Waals surface area contributed by atoms with Gasteiger partial charge in [-0.3, -0.25) is 4.79 Å². The molecule has 0 fully saturated rings. The molecule has 0 aliphatic heterocycles. The Morgan fingerprint density at radius 1 is 1.46 bits per heavy atom. The second-order valence-electron chi connectivity index (χ2n) is 3.09. The zero-order chi connectivity index (χ0) is 10.4. The molecule has 2 heteroatoms. The lowest BCUT2D eigenvalue weighted by Gasteiger charge is -2.22. The van der Waals surface area contributed by atoms with Gasteiger partial charge in [-0.2, -0.15) is 0 Å². The lowest BCUT2D eigenvalue weighted by Crippen LogP contribution is -2.35. The van der Waals surface area contributed by atoms with E-state index in [2.05, 4.69) is 12.3 Å². The first-order valence-electron chi connectivity index (χ1n) is 4.73.